The number of nitrogens with zero attached hydrogens (tertiary/aromatic N) is 5. The van der Waals surface area contributed by atoms with Crippen LogP contribution in [0, 0.1) is 18.6 Å². The summed E-state index contributed by atoms with van der Waals surface area (Å²) >= 11 is 5.28. The van der Waals surface area contributed by atoms with E-state index in [0.29, 0.717) is 16.4 Å². The summed E-state index contributed by atoms with van der Waals surface area (Å²) in [6, 6.07) is 13.6. The van der Waals surface area contributed by atoms with Crippen molar-refractivity contribution in [3.63, 3.8) is 0 Å². The first kappa shape index (κ1) is 16.2. The van der Waals surface area contributed by atoms with E-state index in [2.05, 4.69) is 20.4 Å². The summed E-state index contributed by atoms with van der Waals surface area (Å²) < 4.78 is 9.22. The Labute approximate surface area is 154 Å². The lowest BCUT2D eigenvalue weighted by atomic mass is 10.2. The number of para-hydroxylation sites is 1. The molecular formula is C18H16N6OS. The first-order valence-electron chi connectivity index (χ1n) is 8.02. The van der Waals surface area contributed by atoms with Gasteiger partial charge < -0.3 is 4.42 Å². The second-order valence-electron chi connectivity index (χ2n) is 5.72. The first-order chi connectivity index (χ1) is 12.6. The number of H-pyrrole nitrogens is 1. The van der Waals surface area contributed by atoms with Gasteiger partial charge in [-0.2, -0.15) is 14.9 Å². The van der Waals surface area contributed by atoms with Crippen molar-refractivity contribution in [3.8, 4) is 17.3 Å². The highest BCUT2D eigenvalue weighted by molar-refractivity contribution is 7.71. The topological polar surface area (TPSA) is 76.9 Å². The van der Waals surface area contributed by atoms with Gasteiger partial charge >= 0.3 is 0 Å². The molecule has 26 heavy (non-hydrogen) atoms. The van der Waals surface area contributed by atoms with Gasteiger partial charge in [-0.25, -0.2) is 9.78 Å². The van der Waals surface area contributed by atoms with Crippen LogP contribution in [0.15, 0.2) is 58.2 Å². The highest BCUT2D eigenvalue weighted by Crippen LogP contribution is 2.19. The summed E-state index contributed by atoms with van der Waals surface area (Å²) in [5, 5.41) is 16.1. The minimum Gasteiger partial charge on any atom is -0.461 e. The maximum atomic E-state index is 5.40. The van der Waals surface area contributed by atoms with E-state index in [-0.39, 0.29) is 0 Å². The number of hydrogen-bond acceptors (Lipinski definition) is 5. The fraction of sp³-hybridized carbons (Fsp3) is 0.111. The van der Waals surface area contributed by atoms with Crippen LogP contribution >= 0.6 is 12.2 Å². The number of aryl methyl sites for hydroxylation is 1. The van der Waals surface area contributed by atoms with E-state index in [9.17, 15) is 0 Å². The van der Waals surface area contributed by atoms with Gasteiger partial charge in [0, 0.05) is 5.56 Å². The number of furan rings is 1. The second kappa shape index (κ2) is 6.57. The van der Waals surface area contributed by atoms with Crippen molar-refractivity contribution >= 4 is 18.4 Å². The van der Waals surface area contributed by atoms with Gasteiger partial charge in [0.15, 0.2) is 5.76 Å². The average Bonchev–Trinajstić information content (AvgIpc) is 3.36. The van der Waals surface area contributed by atoms with Crippen molar-refractivity contribution in [1.29, 1.82) is 0 Å². The largest absolute Gasteiger partial charge is 0.461 e. The zero-order valence-corrected chi connectivity index (χ0v) is 15.1. The van der Waals surface area contributed by atoms with Gasteiger partial charge in [0.25, 0.3) is 0 Å². The van der Waals surface area contributed by atoms with Crippen molar-refractivity contribution < 1.29 is 4.42 Å². The van der Waals surface area contributed by atoms with Gasteiger partial charge in [-0.15, -0.1) is 5.10 Å². The molecule has 0 aliphatic carbocycles. The molecule has 0 aliphatic heterocycles. The molecule has 0 atom stereocenters. The van der Waals surface area contributed by atoms with Crippen molar-refractivity contribution in [2.75, 3.05) is 0 Å². The normalized spacial score (nSPS) is 11.5. The Hall–Kier alpha value is -3.26. The smallest absolute Gasteiger partial charge is 0.219 e. The Morgan fingerprint density at radius 3 is 2.69 bits per heavy atom. The molecular weight excluding hydrogens is 348 g/mol. The van der Waals surface area contributed by atoms with Crippen molar-refractivity contribution in [2.45, 2.75) is 13.8 Å². The van der Waals surface area contributed by atoms with E-state index in [0.717, 1.165) is 22.6 Å². The summed E-state index contributed by atoms with van der Waals surface area (Å²) in [6.07, 6.45) is 3.33. The molecule has 1 N–H and O–H groups in total. The Morgan fingerprint density at radius 2 is 1.96 bits per heavy atom. The van der Waals surface area contributed by atoms with E-state index < -0.39 is 0 Å². The van der Waals surface area contributed by atoms with Crippen molar-refractivity contribution in [2.24, 2.45) is 5.10 Å². The average molecular weight is 364 g/mol. The van der Waals surface area contributed by atoms with E-state index in [1.165, 1.54) is 4.68 Å². The molecule has 8 heteroatoms. The fourth-order valence-electron chi connectivity index (χ4n) is 2.74. The maximum Gasteiger partial charge on any atom is 0.219 e. The Morgan fingerprint density at radius 1 is 1.15 bits per heavy atom. The molecule has 4 aromatic rings. The molecule has 0 saturated carbocycles. The molecule has 0 aliphatic rings. The lowest BCUT2D eigenvalue weighted by molar-refractivity contribution is 0.573. The number of benzene rings is 1. The Kier molecular flexibility index (Phi) is 4.10. The summed E-state index contributed by atoms with van der Waals surface area (Å²) in [5.41, 5.74) is 3.81. The van der Waals surface area contributed by atoms with Crippen LogP contribution in [0.5, 0.6) is 0 Å². The van der Waals surface area contributed by atoms with Gasteiger partial charge in [-0.1, -0.05) is 18.2 Å². The molecule has 0 amide bonds. The number of rotatable bonds is 4. The molecule has 0 unspecified atom stereocenters. The van der Waals surface area contributed by atoms with Crippen LogP contribution in [0.2, 0.25) is 0 Å². The Bertz CT molecular complexity index is 1120. The van der Waals surface area contributed by atoms with Crippen LogP contribution in [0.25, 0.3) is 17.3 Å². The predicted octanol–water partition coefficient (Wildman–Crippen LogP) is 3.89. The third-order valence-corrected chi connectivity index (χ3v) is 4.31. The molecule has 0 saturated heterocycles. The molecule has 3 aromatic heterocycles. The molecule has 0 spiro atoms. The van der Waals surface area contributed by atoms with E-state index >= 15 is 0 Å². The molecule has 3 heterocycles. The zero-order valence-electron chi connectivity index (χ0n) is 14.2. The third kappa shape index (κ3) is 2.80. The molecule has 4 rings (SSSR count). The van der Waals surface area contributed by atoms with Gasteiger partial charge in [-0.05, 0) is 50.3 Å². The summed E-state index contributed by atoms with van der Waals surface area (Å²) in [5.74, 6) is 1.10. The minimum absolute atomic E-state index is 0.387. The lowest BCUT2D eigenvalue weighted by Gasteiger charge is -2.03. The lowest BCUT2D eigenvalue weighted by Crippen LogP contribution is -1.99. The standard InChI is InChI=1S/C18H16N6OS/c1-12-15(13(2)23(22-12)14-7-4-3-5-8-14)11-19-24-17(20-21-18(24)26)16-9-6-10-25-16/h3-11H,1-2H3,(H,21,26)/b19-11-. The number of nitrogens with one attached hydrogen (secondary N) is 1. The Balaban J connectivity index is 1.75. The predicted molar refractivity (Wildman–Crippen MR) is 101 cm³/mol. The van der Waals surface area contributed by atoms with E-state index in [4.69, 9.17) is 16.6 Å². The van der Waals surface area contributed by atoms with Crippen LogP contribution in [-0.4, -0.2) is 30.9 Å². The molecule has 1 aromatic carbocycles. The monoisotopic (exact) mass is 364 g/mol. The van der Waals surface area contributed by atoms with Gasteiger partial charge in [-0.3, -0.25) is 0 Å². The summed E-state index contributed by atoms with van der Waals surface area (Å²) in [7, 11) is 0. The van der Waals surface area contributed by atoms with Crippen LogP contribution < -0.4 is 0 Å². The van der Waals surface area contributed by atoms with Crippen molar-refractivity contribution in [3.05, 3.63) is 70.5 Å². The van der Waals surface area contributed by atoms with E-state index in [1.807, 2.05) is 48.9 Å². The number of aromatic amines is 1. The summed E-state index contributed by atoms with van der Waals surface area (Å²) in [6.45, 7) is 3.96. The summed E-state index contributed by atoms with van der Waals surface area (Å²) in [4.78, 5) is 0. The molecule has 7 nitrogen and oxygen atoms in total. The van der Waals surface area contributed by atoms with Gasteiger partial charge in [0.05, 0.1) is 29.6 Å². The maximum absolute atomic E-state index is 5.40. The third-order valence-electron chi connectivity index (χ3n) is 4.04. The molecule has 130 valence electrons. The number of aromatic nitrogens is 5. The molecule has 0 bridgehead atoms. The van der Waals surface area contributed by atoms with Crippen LogP contribution in [0.1, 0.15) is 17.0 Å². The zero-order chi connectivity index (χ0) is 18.1. The highest BCUT2D eigenvalue weighted by atomic mass is 32.1. The minimum atomic E-state index is 0.387. The van der Waals surface area contributed by atoms with Crippen molar-refractivity contribution in [1.82, 2.24) is 24.7 Å². The first-order valence-corrected chi connectivity index (χ1v) is 8.43. The van der Waals surface area contributed by atoms with Gasteiger partial charge in [0.2, 0.25) is 10.6 Å². The fourth-order valence-corrected chi connectivity index (χ4v) is 2.92. The van der Waals surface area contributed by atoms with Crippen LogP contribution in [0.4, 0.5) is 0 Å². The number of hydrogen-bond donors (Lipinski definition) is 1. The van der Waals surface area contributed by atoms with Gasteiger partial charge in [0.1, 0.15) is 0 Å². The molecule has 0 fully saturated rings. The van der Waals surface area contributed by atoms with Crippen LogP contribution in [0.3, 0.4) is 0 Å². The SMILES string of the molecule is Cc1nn(-c2ccccc2)c(C)c1/C=N\n1c(-c2ccco2)n[nH]c1=S. The van der Waals surface area contributed by atoms with E-state index in [1.54, 1.807) is 24.6 Å². The quantitative estimate of drug-likeness (QED) is 0.440. The highest BCUT2D eigenvalue weighted by Gasteiger charge is 2.13. The van der Waals surface area contributed by atoms with Crippen LogP contribution in [-0.2, 0) is 0 Å². The molecule has 0 radical (unpaired) electrons. The second-order valence-corrected chi connectivity index (χ2v) is 6.10.